The maximum atomic E-state index is 13.1. The van der Waals surface area contributed by atoms with E-state index in [1.54, 1.807) is 12.1 Å². The predicted molar refractivity (Wildman–Crippen MR) is 123 cm³/mol. The average molecular weight is 437 g/mol. The highest BCUT2D eigenvalue weighted by Gasteiger charge is 2.30. The van der Waals surface area contributed by atoms with Crippen LogP contribution in [0.3, 0.4) is 0 Å². The summed E-state index contributed by atoms with van der Waals surface area (Å²) in [6.45, 7) is 9.05. The number of hydrogen-bond acceptors (Lipinski definition) is 6. The average Bonchev–Trinajstić information content (AvgIpc) is 3.53. The van der Waals surface area contributed by atoms with Gasteiger partial charge in [-0.2, -0.15) is 5.10 Å². The molecule has 3 aromatic rings. The first-order chi connectivity index (χ1) is 15.1. The van der Waals surface area contributed by atoms with E-state index in [1.165, 1.54) is 12.1 Å². The number of nitrogens with zero attached hydrogens (tertiary/aromatic N) is 4. The molecular formula is C23H28N6O3. The summed E-state index contributed by atoms with van der Waals surface area (Å²) >= 11 is 0. The zero-order valence-corrected chi connectivity index (χ0v) is 18.8. The Hall–Kier alpha value is -3.49. The maximum absolute atomic E-state index is 13.1. The van der Waals surface area contributed by atoms with Gasteiger partial charge in [-0.15, -0.1) is 0 Å². The molecule has 0 saturated heterocycles. The minimum atomic E-state index is -0.431. The number of nitro benzene ring substituents is 1. The number of carbonyl (C=O) groups is 1. The van der Waals surface area contributed by atoms with E-state index < -0.39 is 4.92 Å². The number of rotatable bonds is 7. The molecule has 2 heterocycles. The third-order valence-corrected chi connectivity index (χ3v) is 5.53. The fraction of sp³-hybridized carbons (Fsp3) is 0.435. The topological polar surface area (TPSA) is 115 Å². The molecule has 2 N–H and O–H groups in total. The number of anilines is 1. The quantitative estimate of drug-likeness (QED) is 0.327. The zero-order chi connectivity index (χ0) is 23.0. The molecule has 0 radical (unpaired) electrons. The van der Waals surface area contributed by atoms with Crippen LogP contribution in [0.5, 0.6) is 0 Å². The van der Waals surface area contributed by atoms with Gasteiger partial charge >= 0.3 is 0 Å². The van der Waals surface area contributed by atoms with Gasteiger partial charge in [0.05, 0.1) is 27.1 Å². The largest absolute Gasteiger partial charge is 0.383 e. The van der Waals surface area contributed by atoms with E-state index >= 15 is 0 Å². The van der Waals surface area contributed by atoms with Crippen LogP contribution in [-0.2, 0) is 5.54 Å². The first kappa shape index (κ1) is 21.7. The van der Waals surface area contributed by atoms with Crippen LogP contribution in [0.25, 0.3) is 11.0 Å². The smallest absolute Gasteiger partial charge is 0.269 e. The molecule has 1 amide bonds. The summed E-state index contributed by atoms with van der Waals surface area (Å²) in [6.07, 6.45) is 2.20. The molecule has 1 aromatic carbocycles. The van der Waals surface area contributed by atoms with Gasteiger partial charge in [0.25, 0.3) is 11.6 Å². The highest BCUT2D eigenvalue weighted by Crippen LogP contribution is 2.41. The Balaban J connectivity index is 1.50. The lowest BCUT2D eigenvalue weighted by Crippen LogP contribution is -2.29. The van der Waals surface area contributed by atoms with Crippen molar-refractivity contribution in [2.75, 3.05) is 18.4 Å². The number of non-ortho nitro benzene ring substituents is 1. The second-order valence-electron chi connectivity index (χ2n) is 9.22. The molecule has 168 valence electrons. The van der Waals surface area contributed by atoms with Crippen molar-refractivity contribution in [3.05, 3.63) is 57.4 Å². The molecule has 0 bridgehead atoms. The predicted octanol–water partition coefficient (Wildman–Crippen LogP) is 4.12. The van der Waals surface area contributed by atoms with Crippen molar-refractivity contribution in [3.8, 4) is 0 Å². The Morgan fingerprint density at radius 2 is 1.91 bits per heavy atom. The number of nitrogens with one attached hydrogen (secondary N) is 2. The number of carbonyl (C=O) groups excluding carboxylic acids is 1. The number of amides is 1. The third-order valence-electron chi connectivity index (χ3n) is 5.53. The minimum Gasteiger partial charge on any atom is -0.383 e. The molecule has 4 rings (SSSR count). The second-order valence-corrected chi connectivity index (χ2v) is 9.22. The van der Waals surface area contributed by atoms with E-state index in [0.29, 0.717) is 24.6 Å². The van der Waals surface area contributed by atoms with Gasteiger partial charge in [0.2, 0.25) is 0 Å². The van der Waals surface area contributed by atoms with Crippen LogP contribution < -0.4 is 10.6 Å². The summed E-state index contributed by atoms with van der Waals surface area (Å²) in [5, 5.41) is 22.4. The SMILES string of the molecule is Cc1nn(C(C)(C)C)c2nc(C3CC3)cc(C(=O)NCCNc3ccc([N+](=O)[O-])cc3)c12. The third kappa shape index (κ3) is 4.42. The van der Waals surface area contributed by atoms with Crippen molar-refractivity contribution in [1.82, 2.24) is 20.1 Å². The Morgan fingerprint density at radius 1 is 1.22 bits per heavy atom. The summed E-state index contributed by atoms with van der Waals surface area (Å²) < 4.78 is 1.91. The van der Waals surface area contributed by atoms with Crippen LogP contribution in [0.1, 0.15) is 61.3 Å². The normalized spacial score (nSPS) is 13.9. The van der Waals surface area contributed by atoms with Crippen LogP contribution in [0, 0.1) is 17.0 Å². The molecule has 32 heavy (non-hydrogen) atoms. The van der Waals surface area contributed by atoms with Crippen LogP contribution >= 0.6 is 0 Å². The summed E-state index contributed by atoms with van der Waals surface area (Å²) in [6, 6.07) is 8.12. The maximum Gasteiger partial charge on any atom is 0.269 e. The van der Waals surface area contributed by atoms with Gasteiger partial charge in [-0.05, 0) is 58.7 Å². The minimum absolute atomic E-state index is 0.0446. The summed E-state index contributed by atoms with van der Waals surface area (Å²) in [5.74, 6) is 0.264. The summed E-state index contributed by atoms with van der Waals surface area (Å²) in [4.78, 5) is 28.3. The van der Waals surface area contributed by atoms with Gasteiger partial charge in [0, 0.05) is 42.5 Å². The van der Waals surface area contributed by atoms with E-state index in [9.17, 15) is 14.9 Å². The van der Waals surface area contributed by atoms with Gasteiger partial charge in [0.1, 0.15) is 0 Å². The lowest BCUT2D eigenvalue weighted by molar-refractivity contribution is -0.384. The highest BCUT2D eigenvalue weighted by atomic mass is 16.6. The molecule has 9 nitrogen and oxygen atoms in total. The van der Waals surface area contributed by atoms with Crippen molar-refractivity contribution < 1.29 is 9.72 Å². The van der Waals surface area contributed by atoms with Gasteiger partial charge in [-0.25, -0.2) is 9.67 Å². The molecule has 1 saturated carbocycles. The number of benzene rings is 1. The molecule has 0 atom stereocenters. The van der Waals surface area contributed by atoms with E-state index in [-0.39, 0.29) is 17.1 Å². The van der Waals surface area contributed by atoms with E-state index in [4.69, 9.17) is 10.1 Å². The molecule has 2 aromatic heterocycles. The van der Waals surface area contributed by atoms with Crippen LogP contribution in [0.2, 0.25) is 0 Å². The number of aryl methyl sites for hydroxylation is 1. The Labute approximate surface area is 186 Å². The fourth-order valence-electron chi connectivity index (χ4n) is 3.72. The monoisotopic (exact) mass is 436 g/mol. The van der Waals surface area contributed by atoms with Crippen LogP contribution in [-0.4, -0.2) is 38.7 Å². The first-order valence-electron chi connectivity index (χ1n) is 10.8. The standard InChI is InChI=1S/C23H28N6O3/c1-14-20-18(13-19(15-5-6-15)26-21(20)28(27-14)23(2,3)4)22(30)25-12-11-24-16-7-9-17(10-8-16)29(31)32/h7-10,13,15,24H,5-6,11-12H2,1-4H3,(H,25,30). The first-order valence-corrected chi connectivity index (χ1v) is 10.8. The van der Waals surface area contributed by atoms with Crippen molar-refractivity contribution in [2.24, 2.45) is 0 Å². The summed E-state index contributed by atoms with van der Waals surface area (Å²) in [7, 11) is 0. The van der Waals surface area contributed by atoms with E-state index in [2.05, 4.69) is 31.4 Å². The Morgan fingerprint density at radius 3 is 2.50 bits per heavy atom. The molecule has 1 aliphatic rings. The Kier molecular flexibility index (Phi) is 5.58. The second kappa shape index (κ2) is 8.22. The van der Waals surface area contributed by atoms with Crippen LogP contribution in [0.15, 0.2) is 30.3 Å². The molecule has 1 aliphatic carbocycles. The lowest BCUT2D eigenvalue weighted by atomic mass is 10.1. The Bertz CT molecular complexity index is 1170. The number of aromatic nitrogens is 3. The van der Waals surface area contributed by atoms with Crippen molar-refractivity contribution in [2.45, 2.75) is 52.0 Å². The van der Waals surface area contributed by atoms with Gasteiger partial charge < -0.3 is 10.6 Å². The molecule has 1 fully saturated rings. The van der Waals surface area contributed by atoms with E-state index in [1.807, 2.05) is 17.7 Å². The van der Waals surface area contributed by atoms with E-state index in [0.717, 1.165) is 41.0 Å². The van der Waals surface area contributed by atoms with Crippen LogP contribution in [0.4, 0.5) is 11.4 Å². The van der Waals surface area contributed by atoms with Gasteiger partial charge in [-0.1, -0.05) is 0 Å². The number of nitro groups is 1. The lowest BCUT2D eigenvalue weighted by Gasteiger charge is -2.20. The molecule has 0 aliphatic heterocycles. The van der Waals surface area contributed by atoms with Gasteiger partial charge in [0.15, 0.2) is 5.65 Å². The number of hydrogen-bond donors (Lipinski definition) is 2. The molecular weight excluding hydrogens is 408 g/mol. The highest BCUT2D eigenvalue weighted by molar-refractivity contribution is 6.06. The number of fused-ring (bicyclic) bond motifs is 1. The zero-order valence-electron chi connectivity index (χ0n) is 18.8. The van der Waals surface area contributed by atoms with Gasteiger partial charge in [-0.3, -0.25) is 14.9 Å². The molecule has 0 unspecified atom stereocenters. The summed E-state index contributed by atoms with van der Waals surface area (Å²) in [5.41, 5.74) is 3.67. The number of pyridine rings is 1. The fourth-order valence-corrected chi connectivity index (χ4v) is 3.72. The van der Waals surface area contributed by atoms with Crippen molar-refractivity contribution in [3.63, 3.8) is 0 Å². The van der Waals surface area contributed by atoms with Crippen molar-refractivity contribution >= 4 is 28.3 Å². The molecule has 0 spiro atoms. The van der Waals surface area contributed by atoms with Crippen molar-refractivity contribution in [1.29, 1.82) is 0 Å². The molecule has 9 heteroatoms.